The minimum Gasteiger partial charge on any atom is -0.379 e. The molecule has 102 valence electrons. The zero-order valence-electron chi connectivity index (χ0n) is 11.2. The number of carbonyl (C=O) groups excluding carboxylic acids is 2. The zero-order valence-corrected chi connectivity index (χ0v) is 11.2. The van der Waals surface area contributed by atoms with Crippen molar-refractivity contribution in [1.29, 1.82) is 0 Å². The Balaban J connectivity index is 2.13. The third-order valence-corrected chi connectivity index (χ3v) is 2.80. The second-order valence-corrected chi connectivity index (χ2v) is 5.34. The molecule has 0 aromatic carbocycles. The van der Waals surface area contributed by atoms with Gasteiger partial charge >= 0.3 is 0 Å². The molecule has 0 bridgehead atoms. The highest BCUT2D eigenvalue weighted by Crippen LogP contribution is 2.16. The second-order valence-electron chi connectivity index (χ2n) is 5.34. The average Bonchev–Trinajstić information content (AvgIpc) is 2.58. The molecule has 1 heterocycles. The first-order valence-electron chi connectivity index (χ1n) is 6.10. The highest BCUT2D eigenvalue weighted by Gasteiger charge is 2.23. The van der Waals surface area contributed by atoms with E-state index in [4.69, 9.17) is 4.74 Å². The first-order chi connectivity index (χ1) is 8.32. The van der Waals surface area contributed by atoms with Crippen LogP contribution in [0.1, 0.15) is 27.2 Å². The summed E-state index contributed by atoms with van der Waals surface area (Å²) in [6.45, 7) is 6.63. The summed E-state index contributed by atoms with van der Waals surface area (Å²) in [6.07, 6.45) is 2.30. The quantitative estimate of drug-likeness (QED) is 0.710. The molecular formula is C13H21NO4. The van der Waals surface area contributed by atoms with Gasteiger partial charge in [-0.05, 0) is 6.08 Å². The van der Waals surface area contributed by atoms with Gasteiger partial charge in [-0.15, -0.1) is 0 Å². The molecule has 1 amide bonds. The van der Waals surface area contributed by atoms with Crippen molar-refractivity contribution >= 4 is 11.7 Å². The molecule has 0 aromatic heterocycles. The second kappa shape index (κ2) is 6.11. The van der Waals surface area contributed by atoms with Crippen LogP contribution in [-0.2, 0) is 14.3 Å². The van der Waals surface area contributed by atoms with Crippen molar-refractivity contribution in [3.8, 4) is 0 Å². The Kier molecular flexibility index (Phi) is 5.04. The van der Waals surface area contributed by atoms with Crippen molar-refractivity contribution < 1.29 is 19.4 Å². The lowest BCUT2D eigenvalue weighted by Gasteiger charge is -2.20. The highest BCUT2D eigenvalue weighted by atomic mass is 16.5. The number of aliphatic hydroxyl groups is 1. The first-order valence-corrected chi connectivity index (χ1v) is 6.10. The molecule has 1 rings (SSSR count). The third-order valence-electron chi connectivity index (χ3n) is 2.80. The molecule has 0 fully saturated rings. The molecule has 1 N–H and O–H groups in total. The molecule has 0 saturated carbocycles. The molecule has 5 heteroatoms. The maximum Gasteiger partial charge on any atom is 0.248 e. The summed E-state index contributed by atoms with van der Waals surface area (Å²) >= 11 is 0. The van der Waals surface area contributed by atoms with Gasteiger partial charge in [0.05, 0.1) is 13.2 Å². The standard InChI is InChI=1S/C13H21NO4/c1-13(2,3)10(15)6-8-18-9-7-14-11(16)4-5-12(14)17/h4-5,11,16H,6-9H2,1-3H3. The van der Waals surface area contributed by atoms with E-state index in [1.54, 1.807) is 0 Å². The number of carbonyl (C=O) groups is 2. The van der Waals surface area contributed by atoms with E-state index in [0.29, 0.717) is 26.2 Å². The van der Waals surface area contributed by atoms with E-state index in [1.165, 1.54) is 17.1 Å². The van der Waals surface area contributed by atoms with Crippen LogP contribution in [0.5, 0.6) is 0 Å². The van der Waals surface area contributed by atoms with Crippen LogP contribution in [0, 0.1) is 5.41 Å². The van der Waals surface area contributed by atoms with Gasteiger partial charge in [0.15, 0.2) is 0 Å². The number of hydrogen-bond acceptors (Lipinski definition) is 4. The molecule has 0 saturated heterocycles. The Hall–Kier alpha value is -1.20. The molecular weight excluding hydrogens is 234 g/mol. The molecule has 18 heavy (non-hydrogen) atoms. The van der Waals surface area contributed by atoms with Gasteiger partial charge in [-0.3, -0.25) is 9.59 Å². The number of hydrogen-bond donors (Lipinski definition) is 1. The number of Topliss-reactive ketones (excluding diaryl/α,β-unsaturated/α-hetero) is 1. The first kappa shape index (κ1) is 14.9. The van der Waals surface area contributed by atoms with Gasteiger partial charge in [-0.1, -0.05) is 20.8 Å². The lowest BCUT2D eigenvalue weighted by molar-refractivity contribution is -0.132. The summed E-state index contributed by atoms with van der Waals surface area (Å²) in [5.41, 5.74) is -0.339. The molecule has 0 aliphatic carbocycles. The van der Waals surface area contributed by atoms with E-state index in [1.807, 2.05) is 20.8 Å². The van der Waals surface area contributed by atoms with Crippen LogP contribution < -0.4 is 0 Å². The summed E-state index contributed by atoms with van der Waals surface area (Å²) in [5, 5.41) is 9.42. The smallest absolute Gasteiger partial charge is 0.248 e. The van der Waals surface area contributed by atoms with E-state index >= 15 is 0 Å². The number of amides is 1. The van der Waals surface area contributed by atoms with Crippen LogP contribution in [0.15, 0.2) is 12.2 Å². The molecule has 0 spiro atoms. The van der Waals surface area contributed by atoms with E-state index in [-0.39, 0.29) is 17.1 Å². The van der Waals surface area contributed by atoms with Gasteiger partial charge in [-0.25, -0.2) is 0 Å². The maximum absolute atomic E-state index is 11.6. The molecule has 5 nitrogen and oxygen atoms in total. The fourth-order valence-corrected chi connectivity index (χ4v) is 1.55. The Morgan fingerprint density at radius 1 is 1.44 bits per heavy atom. The Morgan fingerprint density at radius 3 is 2.61 bits per heavy atom. The summed E-state index contributed by atoms with van der Waals surface area (Å²) < 4.78 is 5.30. The number of ether oxygens (including phenoxy) is 1. The van der Waals surface area contributed by atoms with E-state index in [0.717, 1.165) is 0 Å². The van der Waals surface area contributed by atoms with Crippen molar-refractivity contribution in [1.82, 2.24) is 4.90 Å². The van der Waals surface area contributed by atoms with Crippen LogP contribution in [-0.4, -0.2) is 47.7 Å². The van der Waals surface area contributed by atoms with Gasteiger partial charge in [0.25, 0.3) is 0 Å². The van der Waals surface area contributed by atoms with Gasteiger partial charge in [0, 0.05) is 24.5 Å². The fraction of sp³-hybridized carbons (Fsp3) is 0.692. The van der Waals surface area contributed by atoms with E-state index < -0.39 is 6.23 Å². The van der Waals surface area contributed by atoms with Crippen molar-refractivity contribution in [2.45, 2.75) is 33.4 Å². The summed E-state index contributed by atoms with van der Waals surface area (Å²) in [4.78, 5) is 24.2. The van der Waals surface area contributed by atoms with Crippen molar-refractivity contribution in [2.24, 2.45) is 5.41 Å². The molecule has 1 unspecified atom stereocenters. The highest BCUT2D eigenvalue weighted by molar-refractivity contribution is 5.90. The predicted octanol–water partition coefficient (Wildman–Crippen LogP) is 0.725. The van der Waals surface area contributed by atoms with Crippen molar-refractivity contribution in [2.75, 3.05) is 19.8 Å². The van der Waals surface area contributed by atoms with Gasteiger partial charge < -0.3 is 14.7 Å². The lowest BCUT2D eigenvalue weighted by Crippen LogP contribution is -2.36. The van der Waals surface area contributed by atoms with Crippen LogP contribution in [0.25, 0.3) is 0 Å². The summed E-state index contributed by atoms with van der Waals surface area (Å²) in [5.74, 6) is -0.0571. The van der Waals surface area contributed by atoms with Crippen LogP contribution >= 0.6 is 0 Å². The molecule has 0 aromatic rings. The fourth-order valence-electron chi connectivity index (χ4n) is 1.55. The lowest BCUT2D eigenvalue weighted by atomic mass is 9.89. The molecule has 1 atom stereocenters. The molecule has 1 aliphatic heterocycles. The molecule has 1 aliphatic rings. The monoisotopic (exact) mass is 255 g/mol. The largest absolute Gasteiger partial charge is 0.379 e. The number of ketones is 1. The number of nitrogens with zero attached hydrogens (tertiary/aromatic N) is 1. The SMILES string of the molecule is CC(C)(C)C(=O)CCOCCN1C(=O)C=CC1O. The van der Waals surface area contributed by atoms with Gasteiger partial charge in [0.2, 0.25) is 5.91 Å². The number of rotatable bonds is 6. The van der Waals surface area contributed by atoms with Gasteiger partial charge in [0.1, 0.15) is 12.0 Å². The summed E-state index contributed by atoms with van der Waals surface area (Å²) in [7, 11) is 0. The van der Waals surface area contributed by atoms with E-state index in [2.05, 4.69) is 0 Å². The average molecular weight is 255 g/mol. The Labute approximate surface area is 107 Å². The zero-order chi connectivity index (χ0) is 13.8. The Bertz CT molecular complexity index is 343. The number of aliphatic hydroxyl groups excluding tert-OH is 1. The van der Waals surface area contributed by atoms with Crippen molar-refractivity contribution in [3.05, 3.63) is 12.2 Å². The minimum absolute atomic E-state index is 0.154. The third kappa shape index (κ3) is 4.23. The Morgan fingerprint density at radius 2 is 2.11 bits per heavy atom. The van der Waals surface area contributed by atoms with Crippen LogP contribution in [0.2, 0.25) is 0 Å². The van der Waals surface area contributed by atoms with E-state index in [9.17, 15) is 14.7 Å². The maximum atomic E-state index is 11.6. The topological polar surface area (TPSA) is 66.8 Å². The normalized spacial score (nSPS) is 19.7. The summed E-state index contributed by atoms with van der Waals surface area (Å²) in [6, 6.07) is 0. The van der Waals surface area contributed by atoms with Crippen LogP contribution in [0.4, 0.5) is 0 Å². The van der Waals surface area contributed by atoms with Crippen LogP contribution in [0.3, 0.4) is 0 Å². The van der Waals surface area contributed by atoms with Gasteiger partial charge in [-0.2, -0.15) is 0 Å². The van der Waals surface area contributed by atoms with Crippen molar-refractivity contribution in [3.63, 3.8) is 0 Å². The predicted molar refractivity (Wildman–Crippen MR) is 66.8 cm³/mol. The minimum atomic E-state index is -0.850. The molecule has 0 radical (unpaired) electrons.